The second kappa shape index (κ2) is 7.95. The van der Waals surface area contributed by atoms with Crippen molar-refractivity contribution in [2.45, 2.75) is 52.5 Å². The van der Waals surface area contributed by atoms with Gasteiger partial charge in [-0.05, 0) is 93.3 Å². The van der Waals surface area contributed by atoms with Crippen LogP contribution in [0.4, 0.5) is 11.4 Å². The Morgan fingerprint density at radius 1 is 1.23 bits per heavy atom. The van der Waals surface area contributed by atoms with Gasteiger partial charge in [-0.15, -0.1) is 0 Å². The molecule has 156 valence electrons. The fourth-order valence-corrected chi connectivity index (χ4v) is 5.41. The van der Waals surface area contributed by atoms with Crippen LogP contribution in [-0.2, 0) is 4.79 Å². The van der Waals surface area contributed by atoms with Crippen molar-refractivity contribution in [3.05, 3.63) is 64.1 Å². The number of aryl methyl sites for hydroxylation is 1. The smallest absolute Gasteiger partial charge is 0.264 e. The van der Waals surface area contributed by atoms with E-state index in [0.717, 1.165) is 24.2 Å². The summed E-state index contributed by atoms with van der Waals surface area (Å²) < 4.78 is 0. The van der Waals surface area contributed by atoms with Crippen molar-refractivity contribution in [3.63, 3.8) is 0 Å². The van der Waals surface area contributed by atoms with Gasteiger partial charge >= 0.3 is 0 Å². The molecule has 1 amide bonds. The number of amidine groups is 1. The predicted molar refractivity (Wildman–Crippen MR) is 129 cm³/mol. The first-order valence-electron chi connectivity index (χ1n) is 10.5. The lowest BCUT2D eigenvalue weighted by Crippen LogP contribution is -2.48. The van der Waals surface area contributed by atoms with Gasteiger partial charge in [-0.1, -0.05) is 30.7 Å². The molecule has 0 radical (unpaired) electrons. The summed E-state index contributed by atoms with van der Waals surface area (Å²) in [7, 11) is 0. The third kappa shape index (κ3) is 4.04. The lowest BCUT2D eigenvalue weighted by Gasteiger charge is -2.47. The maximum absolute atomic E-state index is 12.5. The van der Waals surface area contributed by atoms with Gasteiger partial charge in [0, 0.05) is 17.8 Å². The molecule has 0 spiro atoms. The van der Waals surface area contributed by atoms with E-state index in [4.69, 9.17) is 0 Å². The average Bonchev–Trinajstić information content (AvgIpc) is 3.02. The summed E-state index contributed by atoms with van der Waals surface area (Å²) >= 11 is 1.40. The standard InChI is InChI=1S/C25H29N3OS/c1-6-28-21-12-9-18(13-20(21)17(3)15-25(28,4)5)14-22-23(29)27-24(30-22)26-19-10-7-16(2)8-11-19/h7-14,17H,6,15H2,1-5H3,(H,26,27,29)/b22-14+. The number of carbonyl (C=O) groups is 1. The zero-order chi connectivity index (χ0) is 21.5. The Bertz CT molecular complexity index is 1040. The molecule has 2 aliphatic heterocycles. The maximum Gasteiger partial charge on any atom is 0.264 e. The third-order valence-corrected chi connectivity index (χ3v) is 6.85. The predicted octanol–water partition coefficient (Wildman–Crippen LogP) is 6.00. The van der Waals surface area contributed by atoms with E-state index in [1.54, 1.807) is 0 Å². The van der Waals surface area contributed by atoms with Crippen LogP contribution in [0.5, 0.6) is 0 Å². The molecule has 0 aromatic heterocycles. The van der Waals surface area contributed by atoms with Crippen LogP contribution in [0.25, 0.3) is 6.08 Å². The molecule has 1 atom stereocenters. The van der Waals surface area contributed by atoms with Crippen molar-refractivity contribution in [1.82, 2.24) is 5.32 Å². The second-order valence-corrected chi connectivity index (χ2v) is 9.83. The van der Waals surface area contributed by atoms with Crippen LogP contribution in [0.15, 0.2) is 52.4 Å². The first-order valence-corrected chi connectivity index (χ1v) is 11.4. The molecule has 4 nitrogen and oxygen atoms in total. The number of hydrogen-bond donors (Lipinski definition) is 1. The lowest BCUT2D eigenvalue weighted by molar-refractivity contribution is -0.115. The van der Waals surface area contributed by atoms with E-state index in [2.05, 4.69) is 61.1 Å². The number of nitrogens with zero attached hydrogens (tertiary/aromatic N) is 2. The molecule has 30 heavy (non-hydrogen) atoms. The summed E-state index contributed by atoms with van der Waals surface area (Å²) in [5.74, 6) is 0.396. The number of aliphatic imine (C=N–C) groups is 1. The number of thioether (sulfide) groups is 1. The maximum atomic E-state index is 12.5. The van der Waals surface area contributed by atoms with Crippen LogP contribution in [-0.4, -0.2) is 23.2 Å². The summed E-state index contributed by atoms with van der Waals surface area (Å²) in [6.07, 6.45) is 3.09. The molecule has 2 aliphatic rings. The number of rotatable bonds is 3. The summed E-state index contributed by atoms with van der Waals surface area (Å²) in [4.78, 5) is 20.2. The molecule has 1 fully saturated rings. The summed E-state index contributed by atoms with van der Waals surface area (Å²) in [6.45, 7) is 12.2. The fourth-order valence-electron chi connectivity index (χ4n) is 4.57. The van der Waals surface area contributed by atoms with E-state index in [9.17, 15) is 4.79 Å². The van der Waals surface area contributed by atoms with Crippen molar-refractivity contribution in [3.8, 4) is 0 Å². The number of fused-ring (bicyclic) bond motifs is 1. The number of hydrogen-bond acceptors (Lipinski definition) is 4. The van der Waals surface area contributed by atoms with Gasteiger partial charge in [0.1, 0.15) is 0 Å². The molecule has 0 bridgehead atoms. The molecule has 4 rings (SSSR count). The van der Waals surface area contributed by atoms with Crippen LogP contribution in [0.3, 0.4) is 0 Å². The van der Waals surface area contributed by atoms with Gasteiger partial charge in [0.25, 0.3) is 5.91 Å². The van der Waals surface area contributed by atoms with Gasteiger partial charge in [-0.3, -0.25) is 4.79 Å². The van der Waals surface area contributed by atoms with Crippen LogP contribution >= 0.6 is 11.8 Å². The molecule has 2 heterocycles. The Labute approximate surface area is 183 Å². The zero-order valence-corrected chi connectivity index (χ0v) is 19.1. The zero-order valence-electron chi connectivity index (χ0n) is 18.3. The van der Waals surface area contributed by atoms with Crippen LogP contribution in [0, 0.1) is 6.92 Å². The first-order chi connectivity index (χ1) is 14.3. The third-order valence-electron chi connectivity index (χ3n) is 5.94. The number of anilines is 1. The highest BCUT2D eigenvalue weighted by Crippen LogP contribution is 2.43. The second-order valence-electron chi connectivity index (χ2n) is 8.80. The van der Waals surface area contributed by atoms with E-state index >= 15 is 0 Å². The molecule has 0 saturated carbocycles. The molecule has 1 unspecified atom stereocenters. The Morgan fingerprint density at radius 2 is 1.97 bits per heavy atom. The quantitative estimate of drug-likeness (QED) is 0.621. The molecule has 2 aromatic carbocycles. The molecular weight excluding hydrogens is 390 g/mol. The van der Waals surface area contributed by atoms with Crippen molar-refractivity contribution in [2.24, 2.45) is 4.99 Å². The van der Waals surface area contributed by atoms with Gasteiger partial charge in [0.2, 0.25) is 0 Å². The molecule has 2 aromatic rings. The first kappa shape index (κ1) is 20.7. The number of nitrogens with one attached hydrogen (secondary N) is 1. The molecule has 5 heteroatoms. The largest absolute Gasteiger partial charge is 0.366 e. The van der Waals surface area contributed by atoms with E-state index in [1.165, 1.54) is 28.6 Å². The summed E-state index contributed by atoms with van der Waals surface area (Å²) in [5.41, 5.74) is 5.93. The minimum absolute atomic E-state index is 0.0899. The van der Waals surface area contributed by atoms with Crippen molar-refractivity contribution >= 4 is 40.3 Å². The molecule has 1 N–H and O–H groups in total. The minimum atomic E-state index is -0.0899. The van der Waals surface area contributed by atoms with E-state index in [0.29, 0.717) is 16.0 Å². The Kier molecular flexibility index (Phi) is 5.49. The fraction of sp³-hybridized carbons (Fsp3) is 0.360. The van der Waals surface area contributed by atoms with Crippen LogP contribution in [0.2, 0.25) is 0 Å². The SMILES string of the molecule is CCN1c2ccc(/C=C3/SC(=Nc4ccc(C)cc4)NC3=O)cc2C(C)CC1(C)C. The van der Waals surface area contributed by atoms with Gasteiger partial charge in [-0.25, -0.2) is 4.99 Å². The summed E-state index contributed by atoms with van der Waals surface area (Å²) in [6, 6.07) is 14.5. The summed E-state index contributed by atoms with van der Waals surface area (Å²) in [5, 5.41) is 3.51. The van der Waals surface area contributed by atoms with Gasteiger partial charge in [-0.2, -0.15) is 0 Å². The Morgan fingerprint density at radius 3 is 2.67 bits per heavy atom. The van der Waals surface area contributed by atoms with Gasteiger partial charge in [0.05, 0.1) is 10.6 Å². The number of amides is 1. The average molecular weight is 420 g/mol. The highest BCUT2D eigenvalue weighted by atomic mass is 32.2. The van der Waals surface area contributed by atoms with Crippen LogP contribution in [0.1, 0.15) is 56.7 Å². The number of carbonyl (C=O) groups excluding carboxylic acids is 1. The van der Waals surface area contributed by atoms with Crippen LogP contribution < -0.4 is 10.2 Å². The van der Waals surface area contributed by atoms with E-state index in [1.807, 2.05) is 37.3 Å². The molecule has 0 aliphatic carbocycles. The Hall–Kier alpha value is -2.53. The highest BCUT2D eigenvalue weighted by Gasteiger charge is 2.35. The molecular formula is C25H29N3OS. The Balaban J connectivity index is 1.60. The molecule has 1 saturated heterocycles. The normalized spacial score (nSPS) is 23.0. The van der Waals surface area contributed by atoms with E-state index in [-0.39, 0.29) is 11.4 Å². The van der Waals surface area contributed by atoms with E-state index < -0.39 is 0 Å². The van der Waals surface area contributed by atoms with Crippen molar-refractivity contribution < 1.29 is 4.79 Å². The van der Waals surface area contributed by atoms with Gasteiger partial charge in [0.15, 0.2) is 5.17 Å². The topological polar surface area (TPSA) is 44.7 Å². The van der Waals surface area contributed by atoms with Crippen molar-refractivity contribution in [1.29, 1.82) is 0 Å². The monoisotopic (exact) mass is 419 g/mol. The minimum Gasteiger partial charge on any atom is -0.366 e. The van der Waals surface area contributed by atoms with Gasteiger partial charge < -0.3 is 10.2 Å². The van der Waals surface area contributed by atoms with Crippen molar-refractivity contribution in [2.75, 3.05) is 11.4 Å². The highest BCUT2D eigenvalue weighted by molar-refractivity contribution is 8.18. The lowest BCUT2D eigenvalue weighted by atomic mass is 9.79. The number of benzene rings is 2.